The Kier molecular flexibility index (Phi) is 8.03. The van der Waals surface area contributed by atoms with E-state index >= 15 is 0 Å². The van der Waals surface area contributed by atoms with E-state index in [1.165, 1.54) is 11.1 Å². The van der Waals surface area contributed by atoms with E-state index in [9.17, 15) is 28.2 Å². The first kappa shape index (κ1) is 27.8. The fourth-order valence-corrected chi connectivity index (χ4v) is 4.55. The minimum Gasteiger partial charge on any atom is -0.478 e. The number of aliphatic hydroxyl groups is 1. The molecule has 39 heavy (non-hydrogen) atoms. The van der Waals surface area contributed by atoms with Gasteiger partial charge in [0.05, 0.1) is 17.2 Å². The number of likely N-dealkylation sites (tertiary alicyclic amines) is 1. The molecule has 11 heteroatoms. The highest BCUT2D eigenvalue weighted by molar-refractivity contribution is 6.03. The molecule has 0 radical (unpaired) electrons. The number of rotatable bonds is 5. The second-order valence-corrected chi connectivity index (χ2v) is 9.26. The summed E-state index contributed by atoms with van der Waals surface area (Å²) in [5, 5.41) is 26.6. The number of aliphatic carboxylic acids is 1. The van der Waals surface area contributed by atoms with E-state index in [2.05, 4.69) is 45.2 Å². The van der Waals surface area contributed by atoms with Crippen molar-refractivity contribution < 1.29 is 38.1 Å². The molecule has 4 aromatic rings. The number of aliphatic hydroxyl groups excluding tert-OH is 1. The van der Waals surface area contributed by atoms with E-state index < -0.39 is 18.1 Å². The molecule has 0 saturated carbocycles. The number of β-amino-alcohol motifs (C(OH)–C–C–N with tert-alkyl or cyclic N) is 1. The predicted octanol–water partition coefficient (Wildman–Crippen LogP) is 5.10. The predicted molar refractivity (Wildman–Crippen MR) is 138 cm³/mol. The average molecular weight is 542 g/mol. The molecule has 0 amide bonds. The van der Waals surface area contributed by atoms with E-state index in [4.69, 9.17) is 9.90 Å². The van der Waals surface area contributed by atoms with Crippen molar-refractivity contribution in [1.29, 1.82) is 0 Å². The molecule has 0 aliphatic carbocycles. The number of fused-ring (bicyclic) bond motifs is 1. The molecular weight excluding hydrogens is 515 g/mol. The van der Waals surface area contributed by atoms with Crippen LogP contribution in [-0.4, -0.2) is 67.5 Å². The average Bonchev–Trinajstić information content (AvgIpc) is 3.47. The van der Waals surface area contributed by atoms with Crippen molar-refractivity contribution in [2.45, 2.75) is 32.2 Å². The highest BCUT2D eigenvalue weighted by Gasteiger charge is 2.38. The third kappa shape index (κ3) is 6.62. The summed E-state index contributed by atoms with van der Waals surface area (Å²) in [7, 11) is 0. The molecule has 0 bridgehead atoms. The second-order valence-electron chi connectivity index (χ2n) is 9.26. The number of nitrogens with one attached hydrogen (secondary N) is 1. The number of H-pyrrole nitrogens is 1. The van der Waals surface area contributed by atoms with Crippen molar-refractivity contribution in [3.05, 3.63) is 77.6 Å². The lowest BCUT2D eigenvalue weighted by molar-refractivity contribution is -0.192. The Morgan fingerprint density at radius 3 is 2.26 bits per heavy atom. The van der Waals surface area contributed by atoms with Gasteiger partial charge in [0, 0.05) is 19.6 Å². The summed E-state index contributed by atoms with van der Waals surface area (Å²) in [5.41, 5.74) is 6.71. The maximum atomic E-state index is 11.8. The minimum absolute atomic E-state index is 0.198. The molecule has 1 saturated heterocycles. The Balaban J connectivity index is 0.000000448. The fourth-order valence-electron chi connectivity index (χ4n) is 4.55. The number of hydrogen-bond acceptors (Lipinski definition) is 5. The standard InChI is InChI=1S/C26H25N3O3.C2HF3O2/c1-16-27-24-13-20(12-23(26(31)32)25(24)28-16)17-6-8-18(9-7-17)22-5-3-2-4-19(22)14-29-11-10-21(30)15-29;3-2(4,5)1(6)7/h2-9,12-13,21,30H,10-11,14-15H2,1H3,(H,27,28)(H,31,32);(H,6,7)/t21-;/m1./s1. The number of halogens is 3. The van der Waals surface area contributed by atoms with Gasteiger partial charge in [0.1, 0.15) is 11.3 Å². The first-order valence-corrected chi connectivity index (χ1v) is 12.0. The van der Waals surface area contributed by atoms with Crippen molar-refractivity contribution in [3.63, 3.8) is 0 Å². The summed E-state index contributed by atoms with van der Waals surface area (Å²) in [5.74, 6) is -3.05. The molecule has 0 unspecified atom stereocenters. The van der Waals surface area contributed by atoms with Crippen molar-refractivity contribution in [1.82, 2.24) is 14.9 Å². The van der Waals surface area contributed by atoms with Gasteiger partial charge < -0.3 is 20.3 Å². The van der Waals surface area contributed by atoms with E-state index in [1.54, 1.807) is 6.07 Å². The van der Waals surface area contributed by atoms with Crippen LogP contribution in [0.15, 0.2) is 60.7 Å². The zero-order chi connectivity index (χ0) is 28.3. The summed E-state index contributed by atoms with van der Waals surface area (Å²) in [4.78, 5) is 30.4. The SMILES string of the molecule is Cc1nc2c(C(=O)O)cc(-c3ccc(-c4ccccc4CN4CC[C@@H](O)C4)cc3)cc2[nH]1.O=C(O)C(F)(F)F. The number of aromatic carboxylic acids is 1. The Bertz CT molecular complexity index is 1500. The van der Waals surface area contributed by atoms with Crippen molar-refractivity contribution >= 4 is 23.0 Å². The van der Waals surface area contributed by atoms with Crippen LogP contribution in [0.1, 0.15) is 28.2 Å². The lowest BCUT2D eigenvalue weighted by Gasteiger charge is -2.18. The number of nitrogens with zero attached hydrogens (tertiary/aromatic N) is 2. The number of aromatic amines is 1. The maximum absolute atomic E-state index is 11.8. The van der Waals surface area contributed by atoms with Gasteiger partial charge in [0.15, 0.2) is 0 Å². The summed E-state index contributed by atoms with van der Waals surface area (Å²) in [6.07, 6.45) is -4.48. The van der Waals surface area contributed by atoms with Gasteiger partial charge >= 0.3 is 18.1 Å². The number of aromatic nitrogens is 2. The van der Waals surface area contributed by atoms with Gasteiger partial charge in [-0.3, -0.25) is 4.90 Å². The van der Waals surface area contributed by atoms with Gasteiger partial charge in [-0.1, -0.05) is 48.5 Å². The topological polar surface area (TPSA) is 127 Å². The molecule has 8 nitrogen and oxygen atoms in total. The van der Waals surface area contributed by atoms with Gasteiger partial charge in [0.25, 0.3) is 0 Å². The highest BCUT2D eigenvalue weighted by Crippen LogP contribution is 2.31. The zero-order valence-electron chi connectivity index (χ0n) is 20.9. The normalized spacial score (nSPS) is 15.7. The summed E-state index contributed by atoms with van der Waals surface area (Å²) in [6, 6.07) is 20.2. The number of benzene rings is 3. The van der Waals surface area contributed by atoms with Crippen molar-refractivity contribution in [3.8, 4) is 22.3 Å². The van der Waals surface area contributed by atoms with Crippen LogP contribution in [0.4, 0.5) is 13.2 Å². The van der Waals surface area contributed by atoms with E-state index in [-0.39, 0.29) is 11.7 Å². The summed E-state index contributed by atoms with van der Waals surface area (Å²) in [6.45, 7) is 4.26. The first-order chi connectivity index (χ1) is 18.4. The lowest BCUT2D eigenvalue weighted by atomic mass is 9.96. The van der Waals surface area contributed by atoms with Crippen LogP contribution in [0.2, 0.25) is 0 Å². The Hall–Kier alpha value is -4.22. The van der Waals surface area contributed by atoms with Crippen molar-refractivity contribution in [2.24, 2.45) is 0 Å². The third-order valence-electron chi connectivity index (χ3n) is 6.37. The molecule has 1 aliphatic heterocycles. The summed E-state index contributed by atoms with van der Waals surface area (Å²) >= 11 is 0. The van der Waals surface area contributed by atoms with Gasteiger partial charge in [-0.2, -0.15) is 13.2 Å². The molecular formula is C28H26F3N3O5. The van der Waals surface area contributed by atoms with E-state index in [1.807, 2.05) is 31.2 Å². The number of imidazole rings is 1. The van der Waals surface area contributed by atoms with E-state index in [0.29, 0.717) is 17.9 Å². The number of hydrogen-bond donors (Lipinski definition) is 4. The van der Waals surface area contributed by atoms with E-state index in [0.717, 1.165) is 41.7 Å². The van der Waals surface area contributed by atoms with Crippen LogP contribution in [0.3, 0.4) is 0 Å². The highest BCUT2D eigenvalue weighted by atomic mass is 19.4. The first-order valence-electron chi connectivity index (χ1n) is 12.0. The number of alkyl halides is 3. The fraction of sp³-hybridized carbons (Fsp3) is 0.250. The van der Waals surface area contributed by atoms with Crippen LogP contribution in [0.25, 0.3) is 33.3 Å². The van der Waals surface area contributed by atoms with Crippen LogP contribution in [-0.2, 0) is 11.3 Å². The molecule has 5 rings (SSSR count). The van der Waals surface area contributed by atoms with Crippen LogP contribution in [0.5, 0.6) is 0 Å². The second kappa shape index (κ2) is 11.3. The molecule has 1 fully saturated rings. The number of carboxylic acid groups (broad SMARTS) is 2. The third-order valence-corrected chi connectivity index (χ3v) is 6.37. The van der Waals surface area contributed by atoms with Crippen LogP contribution >= 0.6 is 0 Å². The van der Waals surface area contributed by atoms with Crippen molar-refractivity contribution in [2.75, 3.05) is 13.1 Å². The Labute approximate surface area is 221 Å². The van der Waals surface area contributed by atoms with Crippen LogP contribution < -0.4 is 0 Å². The van der Waals surface area contributed by atoms with Gasteiger partial charge in [-0.05, 0) is 53.3 Å². The van der Waals surface area contributed by atoms with Gasteiger partial charge in [-0.15, -0.1) is 0 Å². The Morgan fingerprint density at radius 2 is 1.67 bits per heavy atom. The minimum atomic E-state index is -5.08. The molecule has 2 heterocycles. The van der Waals surface area contributed by atoms with Crippen LogP contribution in [0, 0.1) is 6.92 Å². The molecule has 1 aromatic heterocycles. The Morgan fingerprint density at radius 1 is 1.03 bits per heavy atom. The summed E-state index contributed by atoms with van der Waals surface area (Å²) < 4.78 is 31.7. The van der Waals surface area contributed by atoms with Gasteiger partial charge in [0.2, 0.25) is 0 Å². The molecule has 3 aromatic carbocycles. The van der Waals surface area contributed by atoms with Gasteiger partial charge in [-0.25, -0.2) is 14.6 Å². The lowest BCUT2D eigenvalue weighted by Crippen LogP contribution is -2.21. The quantitative estimate of drug-likeness (QED) is 0.277. The number of carbonyl (C=O) groups is 2. The molecule has 1 atom stereocenters. The zero-order valence-corrected chi connectivity index (χ0v) is 20.9. The maximum Gasteiger partial charge on any atom is 0.490 e. The molecule has 1 aliphatic rings. The monoisotopic (exact) mass is 541 g/mol. The molecule has 4 N–H and O–H groups in total. The number of aryl methyl sites for hydroxylation is 1. The number of carboxylic acids is 2. The molecule has 204 valence electrons. The molecule has 0 spiro atoms. The largest absolute Gasteiger partial charge is 0.490 e. The smallest absolute Gasteiger partial charge is 0.478 e.